The van der Waals surface area contributed by atoms with Crippen LogP contribution < -0.4 is 11.4 Å². The maximum atomic E-state index is 12.6. The smallest absolute Gasteiger partial charge is 0.410 e. The van der Waals surface area contributed by atoms with E-state index >= 15 is 0 Å². The lowest BCUT2D eigenvalue weighted by molar-refractivity contribution is -0.130. The van der Waals surface area contributed by atoms with Gasteiger partial charge in [0.1, 0.15) is 11.4 Å². The number of carbonyl (C=O) groups is 1. The first-order valence-corrected chi connectivity index (χ1v) is 8.82. The second kappa shape index (κ2) is 7.26. The molecule has 0 bridgehead atoms. The average Bonchev–Trinajstić information content (AvgIpc) is 2.43. The summed E-state index contributed by atoms with van der Waals surface area (Å²) in [6.45, 7) is 12.4. The van der Waals surface area contributed by atoms with Crippen LogP contribution in [-0.2, 0) is 9.47 Å². The third kappa shape index (κ3) is 5.72. The first-order chi connectivity index (χ1) is 11.8. The van der Waals surface area contributed by atoms with Gasteiger partial charge < -0.3 is 20.1 Å². The van der Waals surface area contributed by atoms with Gasteiger partial charge in [0.05, 0.1) is 19.2 Å². The van der Waals surface area contributed by atoms with Crippen molar-refractivity contribution in [3.8, 4) is 0 Å². The minimum absolute atomic E-state index is 0.0104. The lowest BCUT2D eigenvalue weighted by atomic mass is 9.88. The summed E-state index contributed by atoms with van der Waals surface area (Å²) in [6.07, 6.45) is 1.01. The Kier molecular flexibility index (Phi) is 5.65. The Balaban J connectivity index is 2.27. The Bertz CT molecular complexity index is 702. The first kappa shape index (κ1) is 20.2. The number of amides is 1. The molecule has 2 heterocycles. The number of nitrogens with zero attached hydrogens (tertiary/aromatic N) is 3. The fraction of sp³-hybridized carbons (Fsp3) is 0.722. The van der Waals surface area contributed by atoms with Gasteiger partial charge in [-0.25, -0.2) is 9.59 Å². The summed E-state index contributed by atoms with van der Waals surface area (Å²) >= 11 is 0. The van der Waals surface area contributed by atoms with Gasteiger partial charge in [0, 0.05) is 6.20 Å². The van der Waals surface area contributed by atoms with E-state index in [4.69, 9.17) is 15.2 Å². The molecule has 0 spiro atoms. The number of nitrogens with two attached hydrogens (primary N) is 1. The van der Waals surface area contributed by atoms with Crippen molar-refractivity contribution in [2.24, 2.45) is 5.41 Å². The molecular weight excluding hydrogens is 336 g/mol. The van der Waals surface area contributed by atoms with Crippen LogP contribution in [0.1, 0.15) is 54.2 Å². The highest BCUT2D eigenvalue weighted by Gasteiger charge is 2.36. The molecule has 8 heteroatoms. The van der Waals surface area contributed by atoms with Crippen molar-refractivity contribution in [3.05, 3.63) is 22.7 Å². The number of rotatable bonds is 2. The Morgan fingerprint density at radius 1 is 1.31 bits per heavy atom. The second-order valence-corrected chi connectivity index (χ2v) is 8.91. The number of carbonyl (C=O) groups excluding carboxylic acids is 1. The van der Waals surface area contributed by atoms with Crippen LogP contribution in [-0.4, -0.2) is 45.3 Å². The number of hydrogen-bond donors (Lipinski definition) is 1. The van der Waals surface area contributed by atoms with Crippen molar-refractivity contribution in [1.82, 2.24) is 14.5 Å². The minimum Gasteiger partial charge on any atom is -0.444 e. The fourth-order valence-electron chi connectivity index (χ4n) is 2.89. The molecule has 1 aliphatic rings. The number of ether oxygens (including phenoxy) is 2. The third-order valence-electron chi connectivity index (χ3n) is 3.80. The van der Waals surface area contributed by atoms with Crippen molar-refractivity contribution in [2.45, 2.75) is 65.9 Å². The monoisotopic (exact) mass is 366 g/mol. The molecule has 26 heavy (non-hydrogen) atoms. The van der Waals surface area contributed by atoms with Gasteiger partial charge in [-0.15, -0.1) is 0 Å². The molecule has 1 aromatic heterocycles. The Hall–Kier alpha value is -2.09. The molecule has 0 aliphatic carbocycles. The van der Waals surface area contributed by atoms with E-state index in [0.717, 1.165) is 6.42 Å². The molecule has 2 atom stereocenters. The summed E-state index contributed by atoms with van der Waals surface area (Å²) < 4.78 is 13.0. The Morgan fingerprint density at radius 3 is 2.50 bits per heavy atom. The van der Waals surface area contributed by atoms with Crippen LogP contribution in [0.3, 0.4) is 0 Å². The van der Waals surface area contributed by atoms with Crippen LogP contribution in [0.25, 0.3) is 0 Å². The number of hydrogen-bond acceptors (Lipinski definition) is 6. The van der Waals surface area contributed by atoms with Crippen LogP contribution in [0.4, 0.5) is 10.6 Å². The molecule has 2 rings (SSSR count). The molecule has 1 amide bonds. The standard InChI is InChI=1S/C18H30N4O4/c1-17(2,3)9-12-10-21(16(24)26-18(4,5)6)11-14(25-12)22-8-7-13(19)20-15(22)23/h7-8,12,14H,9-11H2,1-6H3,(H2,19,20,23)/t12-,14-/m1/s1. The summed E-state index contributed by atoms with van der Waals surface area (Å²) in [5, 5.41) is 0. The van der Waals surface area contributed by atoms with E-state index in [1.165, 1.54) is 10.6 Å². The van der Waals surface area contributed by atoms with Gasteiger partial charge in [0.2, 0.25) is 0 Å². The lowest BCUT2D eigenvalue weighted by Gasteiger charge is -2.40. The first-order valence-electron chi connectivity index (χ1n) is 8.82. The predicted octanol–water partition coefficient (Wildman–Crippen LogP) is 2.40. The van der Waals surface area contributed by atoms with Gasteiger partial charge in [-0.05, 0) is 38.7 Å². The molecule has 1 saturated heterocycles. The van der Waals surface area contributed by atoms with Crippen LogP contribution in [0.15, 0.2) is 17.1 Å². The van der Waals surface area contributed by atoms with E-state index < -0.39 is 23.6 Å². The van der Waals surface area contributed by atoms with Gasteiger partial charge >= 0.3 is 11.8 Å². The fourth-order valence-corrected chi connectivity index (χ4v) is 2.89. The maximum Gasteiger partial charge on any atom is 0.410 e. The summed E-state index contributed by atoms with van der Waals surface area (Å²) in [6, 6.07) is 1.54. The zero-order valence-electron chi connectivity index (χ0n) is 16.5. The maximum absolute atomic E-state index is 12.6. The lowest BCUT2D eigenvalue weighted by Crippen LogP contribution is -2.51. The normalized spacial score (nSPS) is 21.5. The molecule has 146 valence electrons. The molecule has 0 aromatic carbocycles. The van der Waals surface area contributed by atoms with E-state index in [1.54, 1.807) is 11.1 Å². The van der Waals surface area contributed by atoms with Crippen LogP contribution >= 0.6 is 0 Å². The zero-order valence-corrected chi connectivity index (χ0v) is 16.5. The minimum atomic E-state index is -0.635. The van der Waals surface area contributed by atoms with Crippen molar-refractivity contribution in [1.29, 1.82) is 0 Å². The molecular formula is C18H30N4O4. The van der Waals surface area contributed by atoms with E-state index in [2.05, 4.69) is 25.8 Å². The highest BCUT2D eigenvalue weighted by Crippen LogP contribution is 2.29. The van der Waals surface area contributed by atoms with E-state index in [-0.39, 0.29) is 23.9 Å². The Labute approximate surface area is 154 Å². The van der Waals surface area contributed by atoms with E-state index in [9.17, 15) is 9.59 Å². The average molecular weight is 366 g/mol. The molecule has 8 nitrogen and oxygen atoms in total. The second-order valence-electron chi connectivity index (χ2n) is 8.91. The van der Waals surface area contributed by atoms with Gasteiger partial charge in [0.15, 0.2) is 6.23 Å². The van der Waals surface area contributed by atoms with Gasteiger partial charge in [-0.1, -0.05) is 20.8 Å². The number of aromatic nitrogens is 2. The van der Waals surface area contributed by atoms with Crippen molar-refractivity contribution < 1.29 is 14.3 Å². The largest absolute Gasteiger partial charge is 0.444 e. The van der Waals surface area contributed by atoms with Gasteiger partial charge in [-0.3, -0.25) is 4.57 Å². The third-order valence-corrected chi connectivity index (χ3v) is 3.80. The van der Waals surface area contributed by atoms with Crippen LogP contribution in [0, 0.1) is 5.41 Å². The SMILES string of the molecule is CC(C)(C)C[C@@H]1CN(C(=O)OC(C)(C)C)C[C@H](n2ccc(N)nc2=O)O1. The quantitative estimate of drug-likeness (QED) is 0.863. The highest BCUT2D eigenvalue weighted by atomic mass is 16.6. The summed E-state index contributed by atoms with van der Waals surface area (Å²) in [7, 11) is 0. The molecule has 0 unspecified atom stereocenters. The van der Waals surface area contributed by atoms with E-state index in [1.807, 2.05) is 20.8 Å². The highest BCUT2D eigenvalue weighted by molar-refractivity contribution is 5.68. The summed E-state index contributed by atoms with van der Waals surface area (Å²) in [5.41, 5.74) is 4.48. The molecule has 1 aromatic rings. The topological polar surface area (TPSA) is 99.7 Å². The predicted molar refractivity (Wildman–Crippen MR) is 98.7 cm³/mol. The zero-order chi connectivity index (χ0) is 19.7. The van der Waals surface area contributed by atoms with Crippen molar-refractivity contribution in [3.63, 3.8) is 0 Å². The van der Waals surface area contributed by atoms with Crippen LogP contribution in [0.2, 0.25) is 0 Å². The molecule has 1 fully saturated rings. The molecule has 1 aliphatic heterocycles. The van der Waals surface area contributed by atoms with Crippen molar-refractivity contribution in [2.75, 3.05) is 18.8 Å². The molecule has 0 radical (unpaired) electrons. The number of nitrogen functional groups attached to an aromatic ring is 1. The summed E-state index contributed by atoms with van der Waals surface area (Å²) in [4.78, 5) is 30.1. The van der Waals surface area contributed by atoms with Crippen LogP contribution in [0.5, 0.6) is 0 Å². The molecule has 2 N–H and O–H groups in total. The van der Waals surface area contributed by atoms with Gasteiger partial charge in [0.25, 0.3) is 0 Å². The Morgan fingerprint density at radius 2 is 1.96 bits per heavy atom. The van der Waals surface area contributed by atoms with Gasteiger partial charge in [-0.2, -0.15) is 4.98 Å². The number of anilines is 1. The number of morpholine rings is 1. The van der Waals surface area contributed by atoms with Crippen molar-refractivity contribution >= 4 is 11.9 Å². The molecule has 0 saturated carbocycles. The van der Waals surface area contributed by atoms with E-state index in [0.29, 0.717) is 6.54 Å². The summed E-state index contributed by atoms with van der Waals surface area (Å²) in [5.74, 6) is 0.150.